The monoisotopic (exact) mass is 1090 g/mol. The van der Waals surface area contributed by atoms with Gasteiger partial charge in [0.25, 0.3) is 0 Å². The smallest absolute Gasteiger partial charge is 0.246 e. The fourth-order valence-electron chi connectivity index (χ4n) is 8.30. The van der Waals surface area contributed by atoms with Crippen LogP contribution in [0, 0.1) is 35.5 Å². The Morgan fingerprint density at radius 1 is 0.584 bits per heavy atom. The Morgan fingerprint density at radius 2 is 1.06 bits per heavy atom. The molecule has 21 heteroatoms. The minimum atomic E-state index is -1.75. The third-order valence-corrected chi connectivity index (χ3v) is 13.6. The van der Waals surface area contributed by atoms with Crippen molar-refractivity contribution in [2.45, 2.75) is 235 Å². The molecule has 8 unspecified atom stereocenters. The third-order valence-electron chi connectivity index (χ3n) is 13.6. The molecule has 0 radical (unpaired) electrons. The van der Waals surface area contributed by atoms with Crippen LogP contribution in [0.25, 0.3) is 0 Å². The number of hydrogen-bond acceptors (Lipinski definition) is 11. The number of allylic oxidation sites excluding steroid dienone is 1. The number of hydrogen-bond donors (Lipinski definition) is 10. The van der Waals surface area contributed by atoms with E-state index in [0.717, 1.165) is 12.8 Å². The van der Waals surface area contributed by atoms with Gasteiger partial charge in [-0.3, -0.25) is 47.9 Å². The van der Waals surface area contributed by atoms with Gasteiger partial charge in [0.2, 0.25) is 59.1 Å². The summed E-state index contributed by atoms with van der Waals surface area (Å²) in [6.45, 7) is 33.1. The van der Waals surface area contributed by atoms with Crippen molar-refractivity contribution in [3.05, 3.63) is 12.2 Å². The van der Waals surface area contributed by atoms with Gasteiger partial charge in [0, 0.05) is 25.6 Å². The molecule has 9 atom stereocenters. The summed E-state index contributed by atoms with van der Waals surface area (Å²) in [4.78, 5) is 138. The van der Waals surface area contributed by atoms with Gasteiger partial charge >= 0.3 is 0 Å². The largest absolute Gasteiger partial charge is 0.390 e. The lowest BCUT2D eigenvalue weighted by Crippen LogP contribution is -2.66. The fourth-order valence-corrected chi connectivity index (χ4v) is 8.30. The molecule has 0 saturated carbocycles. The summed E-state index contributed by atoms with van der Waals surface area (Å²) in [7, 11) is 0. The lowest BCUT2D eigenvalue weighted by Gasteiger charge is -2.34. The van der Waals surface area contributed by atoms with E-state index in [1.807, 2.05) is 82.2 Å². The van der Waals surface area contributed by atoms with Crippen LogP contribution in [0.5, 0.6) is 0 Å². The molecule has 0 aliphatic carbocycles. The number of nitrogens with one attached hydrogen (secondary N) is 9. The number of carbonyl (C=O) groups excluding carboxylic acids is 10. The van der Waals surface area contributed by atoms with E-state index in [1.165, 1.54) is 52.5 Å². The molecule has 0 bridgehead atoms. The number of likely N-dealkylation sites (tertiary alicyclic amines) is 1. The van der Waals surface area contributed by atoms with Gasteiger partial charge in [0.05, 0.1) is 6.10 Å². The molecule has 1 aliphatic heterocycles. The number of aliphatic hydroxyl groups is 1. The van der Waals surface area contributed by atoms with E-state index in [-0.39, 0.29) is 79.7 Å². The standard InChI is InChI=1S/C56H100N10O11/c1-20-35(11)22-23-43(68)66-30-36(12)29-41(66)49(73)60-38(26-31(3)4)47(71)62-44(45(69)34(9)10)50(74)64-55(16,17)52(76)61-39(27-32(5)6)46(70)59-40(28-33(7)8)48(72)63-56(18,19)53(77)65-54(14,15)51(75)57-25-24-42(67)58-37(13)21-2/h22-23,31-41,44-45,69H,20-21,24-30H2,1-19H3,(H,57,75)(H,58,67)(H,59,70)(H,60,73)(H,61,76)(H,62,71)(H,63,72)(H,64,74)(H,65,77)/b23-22+/t35-,36?,37?,38?,39?,40?,41?,44?,45?/m1/s1. The number of amides is 10. The zero-order valence-corrected chi connectivity index (χ0v) is 50.0. The quantitative estimate of drug-likeness (QED) is 0.0450. The summed E-state index contributed by atoms with van der Waals surface area (Å²) in [5.41, 5.74) is -4.79. The second-order valence-corrected chi connectivity index (χ2v) is 24.5. The van der Waals surface area contributed by atoms with Gasteiger partial charge in [-0.15, -0.1) is 0 Å². The molecule has 1 rings (SSSR count). The molecule has 0 aromatic heterocycles. The van der Waals surface area contributed by atoms with Crippen molar-refractivity contribution in [2.24, 2.45) is 35.5 Å². The molecule has 0 spiro atoms. The second kappa shape index (κ2) is 31.1. The Labute approximate surface area is 459 Å². The first kappa shape index (κ1) is 69.4. The van der Waals surface area contributed by atoms with E-state index in [0.29, 0.717) is 13.0 Å². The van der Waals surface area contributed by atoms with Crippen molar-refractivity contribution in [3.8, 4) is 0 Å². The highest BCUT2D eigenvalue weighted by molar-refractivity contribution is 6.00. The van der Waals surface area contributed by atoms with Crippen LogP contribution < -0.4 is 47.9 Å². The first-order valence-corrected chi connectivity index (χ1v) is 27.8. The molecule has 10 N–H and O–H groups in total. The number of aliphatic hydroxyl groups excluding tert-OH is 1. The second-order valence-electron chi connectivity index (χ2n) is 24.5. The number of nitrogens with zero attached hydrogens (tertiary/aromatic N) is 1. The Morgan fingerprint density at radius 3 is 1.57 bits per heavy atom. The maximum atomic E-state index is 14.2. The molecule has 0 aromatic rings. The van der Waals surface area contributed by atoms with E-state index in [2.05, 4.69) is 47.9 Å². The molecular formula is C56H100N10O11. The van der Waals surface area contributed by atoms with Crippen LogP contribution in [0.2, 0.25) is 0 Å². The van der Waals surface area contributed by atoms with Crippen LogP contribution in [0.15, 0.2) is 12.2 Å². The van der Waals surface area contributed by atoms with Crippen LogP contribution in [0.3, 0.4) is 0 Å². The van der Waals surface area contributed by atoms with Gasteiger partial charge in [-0.05, 0) is 122 Å². The Kier molecular flexibility index (Phi) is 28.0. The summed E-state index contributed by atoms with van der Waals surface area (Å²) in [5.74, 6) is -6.95. The van der Waals surface area contributed by atoms with E-state index in [4.69, 9.17) is 0 Å². The van der Waals surface area contributed by atoms with E-state index >= 15 is 0 Å². The highest BCUT2D eigenvalue weighted by Gasteiger charge is 2.43. The molecule has 1 aliphatic rings. The first-order valence-electron chi connectivity index (χ1n) is 27.8. The average Bonchev–Trinajstić information content (AvgIpc) is 3.71. The SMILES string of the molecule is CCC(C)NC(=O)CCNC(=O)C(C)(C)NC(=O)C(C)(C)NC(=O)C(CC(C)C)NC(=O)C(CC(C)C)NC(=O)C(C)(C)NC(=O)C(NC(=O)C(CC(C)C)NC(=O)C1CC(C)CN1C(=O)/C=C/[C@H](C)CC)C(O)C(C)C. The highest BCUT2D eigenvalue weighted by atomic mass is 16.3. The number of carbonyl (C=O) groups is 10. The normalized spacial score (nSPS) is 17.9. The molecule has 1 fully saturated rings. The molecular weight excluding hydrogens is 989 g/mol. The Hall–Kier alpha value is -5.60. The van der Waals surface area contributed by atoms with Crippen molar-refractivity contribution >= 4 is 59.1 Å². The van der Waals surface area contributed by atoms with Crippen molar-refractivity contribution in [3.63, 3.8) is 0 Å². The maximum Gasteiger partial charge on any atom is 0.246 e. The zero-order valence-electron chi connectivity index (χ0n) is 50.0. The van der Waals surface area contributed by atoms with E-state index in [9.17, 15) is 53.1 Å². The van der Waals surface area contributed by atoms with Gasteiger partial charge in [-0.2, -0.15) is 0 Å². The van der Waals surface area contributed by atoms with Crippen LogP contribution in [-0.2, 0) is 47.9 Å². The molecule has 440 valence electrons. The molecule has 10 amide bonds. The summed E-state index contributed by atoms with van der Waals surface area (Å²) in [5, 5.41) is 35.8. The molecule has 77 heavy (non-hydrogen) atoms. The van der Waals surface area contributed by atoms with Crippen LogP contribution in [0.1, 0.15) is 176 Å². The average molecular weight is 1090 g/mol. The van der Waals surface area contributed by atoms with Crippen LogP contribution in [-0.4, -0.2) is 141 Å². The van der Waals surface area contributed by atoms with Gasteiger partial charge in [-0.1, -0.05) is 95.6 Å². The van der Waals surface area contributed by atoms with Crippen molar-refractivity contribution < 1.29 is 53.1 Å². The highest BCUT2D eigenvalue weighted by Crippen LogP contribution is 2.25. The molecule has 1 heterocycles. The zero-order chi connectivity index (χ0) is 59.5. The van der Waals surface area contributed by atoms with Gasteiger partial charge in [0.1, 0.15) is 46.8 Å². The Bertz CT molecular complexity index is 2070. The summed E-state index contributed by atoms with van der Waals surface area (Å²) < 4.78 is 0. The first-order chi connectivity index (χ1) is 35.4. The summed E-state index contributed by atoms with van der Waals surface area (Å²) in [6, 6.07) is -6.01. The lowest BCUT2D eigenvalue weighted by atomic mass is 9.95. The van der Waals surface area contributed by atoms with Crippen LogP contribution in [0.4, 0.5) is 0 Å². The Balaban J connectivity index is 3.30. The maximum absolute atomic E-state index is 14.2. The minimum absolute atomic E-state index is 0.0160. The molecule has 0 aromatic carbocycles. The summed E-state index contributed by atoms with van der Waals surface area (Å²) in [6.07, 6.45) is 4.27. The molecule has 1 saturated heterocycles. The van der Waals surface area contributed by atoms with Gasteiger partial charge in [-0.25, -0.2) is 0 Å². The van der Waals surface area contributed by atoms with Crippen molar-refractivity contribution in [1.82, 2.24) is 52.8 Å². The number of rotatable bonds is 31. The fraction of sp³-hybridized carbons (Fsp3) is 0.786. The van der Waals surface area contributed by atoms with Crippen molar-refractivity contribution in [1.29, 1.82) is 0 Å². The van der Waals surface area contributed by atoms with Gasteiger partial charge in [0.15, 0.2) is 0 Å². The predicted octanol–water partition coefficient (Wildman–Crippen LogP) is 3.03. The lowest BCUT2D eigenvalue weighted by molar-refractivity contribution is -0.140. The van der Waals surface area contributed by atoms with Crippen LogP contribution >= 0.6 is 0 Å². The third kappa shape index (κ3) is 23.5. The van der Waals surface area contributed by atoms with E-state index in [1.54, 1.807) is 13.8 Å². The topological polar surface area (TPSA) is 302 Å². The van der Waals surface area contributed by atoms with Gasteiger partial charge < -0.3 is 57.9 Å². The summed E-state index contributed by atoms with van der Waals surface area (Å²) >= 11 is 0. The minimum Gasteiger partial charge on any atom is -0.390 e. The van der Waals surface area contributed by atoms with Crippen molar-refractivity contribution in [2.75, 3.05) is 13.1 Å². The van der Waals surface area contributed by atoms with E-state index < -0.39 is 106 Å². The molecule has 21 nitrogen and oxygen atoms in total. The predicted molar refractivity (Wildman–Crippen MR) is 297 cm³/mol.